The summed E-state index contributed by atoms with van der Waals surface area (Å²) in [5, 5.41) is 13.0. The van der Waals surface area contributed by atoms with E-state index < -0.39 is 0 Å². The Morgan fingerprint density at radius 1 is 1.18 bits per heavy atom. The number of carbonyl (C=O) groups is 1. The Morgan fingerprint density at radius 3 is 2.55 bits per heavy atom. The number of thioether (sulfide) groups is 1. The first-order valence-electron chi connectivity index (χ1n) is 10.7. The number of nitrogens with zero attached hydrogens (tertiary/aromatic N) is 3. The van der Waals surface area contributed by atoms with Gasteiger partial charge in [0.15, 0.2) is 17.1 Å². The summed E-state index contributed by atoms with van der Waals surface area (Å²) in [7, 11) is 0. The van der Waals surface area contributed by atoms with Gasteiger partial charge in [0, 0.05) is 17.3 Å². The molecule has 0 fully saturated rings. The topological polar surface area (TPSA) is 69.0 Å². The van der Waals surface area contributed by atoms with Crippen LogP contribution in [0.4, 0.5) is 5.69 Å². The van der Waals surface area contributed by atoms with Crippen LogP contribution in [0, 0.1) is 27.7 Å². The van der Waals surface area contributed by atoms with Crippen LogP contribution < -0.4 is 10.1 Å². The lowest BCUT2D eigenvalue weighted by molar-refractivity contribution is -0.113. The van der Waals surface area contributed by atoms with Gasteiger partial charge in [0.05, 0.1) is 5.75 Å². The lowest BCUT2D eigenvalue weighted by Crippen LogP contribution is -2.16. The zero-order valence-electron chi connectivity index (χ0n) is 19.6. The Bertz CT molecular complexity index is 1150. The number of aromatic nitrogens is 3. The molecule has 174 valence electrons. The van der Waals surface area contributed by atoms with Gasteiger partial charge < -0.3 is 10.1 Å². The minimum absolute atomic E-state index is 0.0974. The van der Waals surface area contributed by atoms with E-state index in [1.807, 2.05) is 69.5 Å². The van der Waals surface area contributed by atoms with Gasteiger partial charge in [-0.3, -0.25) is 9.36 Å². The van der Waals surface area contributed by atoms with E-state index >= 15 is 0 Å². The highest BCUT2D eigenvalue weighted by molar-refractivity contribution is 7.99. The summed E-state index contributed by atoms with van der Waals surface area (Å²) in [6.45, 7) is 14.1. The Morgan fingerprint density at radius 2 is 1.88 bits per heavy atom. The monoisotopic (exact) mass is 484 g/mol. The van der Waals surface area contributed by atoms with E-state index in [-0.39, 0.29) is 17.8 Å². The van der Waals surface area contributed by atoms with E-state index in [1.54, 1.807) is 6.08 Å². The number of hydrogen-bond acceptors (Lipinski definition) is 5. The Kier molecular flexibility index (Phi) is 8.21. The predicted octanol–water partition coefficient (Wildman–Crippen LogP) is 6.22. The fourth-order valence-corrected chi connectivity index (χ4v) is 4.29. The maximum absolute atomic E-state index is 12.5. The highest BCUT2D eigenvalue weighted by Crippen LogP contribution is 2.30. The number of halogens is 1. The Balaban J connectivity index is 1.71. The molecule has 2 aromatic carbocycles. The van der Waals surface area contributed by atoms with Gasteiger partial charge >= 0.3 is 0 Å². The maximum Gasteiger partial charge on any atom is 0.234 e. The highest BCUT2D eigenvalue weighted by Gasteiger charge is 2.20. The minimum atomic E-state index is -0.351. The summed E-state index contributed by atoms with van der Waals surface area (Å²) in [6.07, 6.45) is 1.42. The molecule has 1 atom stereocenters. The van der Waals surface area contributed by atoms with Gasteiger partial charge in [-0.15, -0.1) is 16.8 Å². The predicted molar refractivity (Wildman–Crippen MR) is 135 cm³/mol. The molecular formula is C25H29ClN4O2S. The highest BCUT2D eigenvalue weighted by atomic mass is 35.5. The molecule has 0 aliphatic heterocycles. The van der Waals surface area contributed by atoms with Crippen LogP contribution in [0.3, 0.4) is 0 Å². The summed E-state index contributed by atoms with van der Waals surface area (Å²) in [4.78, 5) is 12.5. The molecule has 0 aliphatic rings. The molecule has 0 radical (unpaired) electrons. The van der Waals surface area contributed by atoms with Gasteiger partial charge in [-0.05, 0) is 75.1 Å². The third-order valence-electron chi connectivity index (χ3n) is 5.14. The number of ether oxygens (including phenoxy) is 1. The lowest BCUT2D eigenvalue weighted by Gasteiger charge is -2.17. The van der Waals surface area contributed by atoms with E-state index in [9.17, 15) is 4.79 Å². The molecule has 0 bridgehead atoms. The van der Waals surface area contributed by atoms with Crippen molar-refractivity contribution >= 4 is 35.0 Å². The van der Waals surface area contributed by atoms with Crippen LogP contribution in [0.25, 0.3) is 0 Å². The number of amides is 1. The number of carbonyl (C=O) groups excluding carboxylic acids is 1. The van der Waals surface area contributed by atoms with Crippen LogP contribution >= 0.6 is 23.4 Å². The van der Waals surface area contributed by atoms with Crippen LogP contribution in [0.5, 0.6) is 5.75 Å². The van der Waals surface area contributed by atoms with Crippen molar-refractivity contribution < 1.29 is 9.53 Å². The second kappa shape index (κ2) is 10.9. The third kappa shape index (κ3) is 6.18. The molecular weight excluding hydrogens is 456 g/mol. The van der Waals surface area contributed by atoms with Gasteiger partial charge in [-0.1, -0.05) is 41.6 Å². The number of anilines is 1. The van der Waals surface area contributed by atoms with E-state index in [0.29, 0.717) is 17.5 Å². The smallest absolute Gasteiger partial charge is 0.234 e. The van der Waals surface area contributed by atoms with Gasteiger partial charge in [0.2, 0.25) is 5.91 Å². The molecule has 0 saturated carbocycles. The summed E-state index contributed by atoms with van der Waals surface area (Å²) >= 11 is 7.60. The first kappa shape index (κ1) is 24.9. The van der Waals surface area contributed by atoms with Crippen LogP contribution in [0.15, 0.2) is 48.1 Å². The zero-order chi connectivity index (χ0) is 24.1. The van der Waals surface area contributed by atoms with E-state index in [4.69, 9.17) is 16.3 Å². The first-order chi connectivity index (χ1) is 15.7. The molecule has 0 saturated heterocycles. The van der Waals surface area contributed by atoms with Crippen molar-refractivity contribution in [3.8, 4) is 5.75 Å². The number of hydrogen-bond donors (Lipinski definition) is 1. The molecule has 1 aromatic heterocycles. The quantitative estimate of drug-likeness (QED) is 0.288. The number of aryl methyl sites for hydroxylation is 4. The molecule has 6 nitrogen and oxygen atoms in total. The van der Waals surface area contributed by atoms with Crippen LogP contribution in [0.2, 0.25) is 5.02 Å². The van der Waals surface area contributed by atoms with Gasteiger partial charge in [-0.2, -0.15) is 0 Å². The number of rotatable bonds is 9. The molecule has 0 spiro atoms. The maximum atomic E-state index is 12.5. The summed E-state index contributed by atoms with van der Waals surface area (Å²) in [5.41, 5.74) is 4.85. The average Bonchev–Trinajstić information content (AvgIpc) is 3.16. The molecule has 3 rings (SSSR count). The zero-order valence-corrected chi connectivity index (χ0v) is 21.2. The molecule has 33 heavy (non-hydrogen) atoms. The number of allylic oxidation sites excluding steroid dienone is 1. The number of nitrogens with one attached hydrogen (secondary N) is 1. The first-order valence-corrected chi connectivity index (χ1v) is 12.0. The van der Waals surface area contributed by atoms with Gasteiger partial charge in [0.1, 0.15) is 5.75 Å². The molecule has 3 aromatic rings. The Labute approximate surface area is 204 Å². The molecule has 1 N–H and O–H groups in total. The SMILES string of the molecule is C=CCn1c(SCC(=O)Nc2cc(C)ccc2C)nnc1C(C)Oc1cc(C)c(Cl)c(C)c1. The molecule has 1 unspecified atom stereocenters. The molecule has 0 aliphatic carbocycles. The second-order valence-corrected chi connectivity index (χ2v) is 9.35. The Hall–Kier alpha value is -2.77. The van der Waals surface area contributed by atoms with Crippen molar-refractivity contribution in [3.63, 3.8) is 0 Å². The van der Waals surface area contributed by atoms with Crippen LogP contribution in [0.1, 0.15) is 41.1 Å². The van der Waals surface area contributed by atoms with Crippen LogP contribution in [-0.2, 0) is 11.3 Å². The van der Waals surface area contributed by atoms with Crippen molar-refractivity contribution in [2.75, 3.05) is 11.1 Å². The summed E-state index contributed by atoms with van der Waals surface area (Å²) in [6, 6.07) is 9.81. The largest absolute Gasteiger partial charge is 0.483 e. The lowest BCUT2D eigenvalue weighted by atomic mass is 10.1. The summed E-state index contributed by atoms with van der Waals surface area (Å²) in [5.74, 6) is 1.50. The van der Waals surface area contributed by atoms with E-state index in [2.05, 4.69) is 22.1 Å². The molecule has 1 amide bonds. The fraction of sp³-hybridized carbons (Fsp3) is 0.320. The van der Waals surface area contributed by atoms with Gasteiger partial charge in [-0.25, -0.2) is 0 Å². The minimum Gasteiger partial charge on any atom is -0.483 e. The van der Waals surface area contributed by atoms with Gasteiger partial charge in [0.25, 0.3) is 0 Å². The second-order valence-electron chi connectivity index (χ2n) is 8.03. The summed E-state index contributed by atoms with van der Waals surface area (Å²) < 4.78 is 8.06. The average molecular weight is 485 g/mol. The standard InChI is InChI=1S/C25H29ClN4O2S/c1-7-10-30-24(19(6)32-20-12-17(4)23(26)18(5)13-20)28-29-25(30)33-14-22(31)27-21-11-15(2)8-9-16(21)3/h7-9,11-13,19H,1,10,14H2,2-6H3,(H,27,31). The van der Waals surface area contributed by atoms with Crippen molar-refractivity contribution in [2.45, 2.75) is 52.4 Å². The van der Waals surface area contributed by atoms with Crippen molar-refractivity contribution in [1.82, 2.24) is 14.8 Å². The number of benzene rings is 2. The fourth-order valence-electron chi connectivity index (χ4n) is 3.43. The van der Waals surface area contributed by atoms with Crippen molar-refractivity contribution in [1.29, 1.82) is 0 Å². The van der Waals surface area contributed by atoms with Crippen LogP contribution in [-0.4, -0.2) is 26.4 Å². The molecule has 1 heterocycles. The van der Waals surface area contributed by atoms with E-state index in [0.717, 1.165) is 38.7 Å². The molecule has 8 heteroatoms. The normalized spacial score (nSPS) is 11.8. The third-order valence-corrected chi connectivity index (χ3v) is 6.71. The van der Waals surface area contributed by atoms with Crippen molar-refractivity contribution in [2.24, 2.45) is 0 Å². The van der Waals surface area contributed by atoms with E-state index in [1.165, 1.54) is 11.8 Å². The van der Waals surface area contributed by atoms with Crippen molar-refractivity contribution in [3.05, 3.63) is 76.1 Å².